The van der Waals surface area contributed by atoms with Gasteiger partial charge in [-0.1, -0.05) is 6.07 Å². The van der Waals surface area contributed by atoms with Gasteiger partial charge in [-0.15, -0.1) is 0 Å². The standard InChI is InChI=1S/C12H13N3O/c1-9-8-10(5-6-11(9)15-13)16-12-4-2-3-7-14-12/h2-8,15H,13H2,1H3. The SMILES string of the molecule is Cc1cc(Oc2ccccn2)ccc1NN. The van der Waals surface area contributed by atoms with E-state index in [0.29, 0.717) is 5.88 Å². The highest BCUT2D eigenvalue weighted by atomic mass is 16.5. The highest BCUT2D eigenvalue weighted by Gasteiger charge is 2.01. The van der Waals surface area contributed by atoms with Crippen LogP contribution in [0.15, 0.2) is 42.6 Å². The number of ether oxygens (including phenoxy) is 1. The molecule has 0 aliphatic carbocycles. The number of aryl methyl sites for hydroxylation is 1. The number of benzene rings is 1. The molecule has 0 aliphatic rings. The normalized spacial score (nSPS) is 9.88. The molecule has 0 radical (unpaired) electrons. The largest absolute Gasteiger partial charge is 0.439 e. The summed E-state index contributed by atoms with van der Waals surface area (Å²) in [5, 5.41) is 0. The molecule has 0 aliphatic heterocycles. The second kappa shape index (κ2) is 4.63. The number of nitrogens with one attached hydrogen (secondary N) is 1. The average molecular weight is 215 g/mol. The molecule has 1 aromatic heterocycles. The Morgan fingerprint density at radius 1 is 1.25 bits per heavy atom. The Morgan fingerprint density at radius 3 is 2.75 bits per heavy atom. The number of anilines is 1. The Kier molecular flexibility index (Phi) is 3.03. The minimum Gasteiger partial charge on any atom is -0.439 e. The predicted molar refractivity (Wildman–Crippen MR) is 63.3 cm³/mol. The lowest BCUT2D eigenvalue weighted by Gasteiger charge is -2.08. The number of pyridine rings is 1. The molecule has 3 N–H and O–H groups in total. The van der Waals surface area contributed by atoms with Gasteiger partial charge in [0.1, 0.15) is 5.75 Å². The molecule has 0 unspecified atom stereocenters. The Labute approximate surface area is 94.0 Å². The molecule has 2 aromatic rings. The molecule has 0 fully saturated rings. The minimum absolute atomic E-state index is 0.579. The number of nitrogens with two attached hydrogens (primary N) is 1. The zero-order valence-corrected chi connectivity index (χ0v) is 8.97. The average Bonchev–Trinajstić information content (AvgIpc) is 2.31. The van der Waals surface area contributed by atoms with Crippen LogP contribution in [0.4, 0.5) is 5.69 Å². The van der Waals surface area contributed by atoms with Crippen molar-refractivity contribution < 1.29 is 4.74 Å². The number of nitrogen functional groups attached to an aromatic ring is 1. The van der Waals surface area contributed by atoms with Gasteiger partial charge in [0, 0.05) is 12.3 Å². The zero-order valence-electron chi connectivity index (χ0n) is 8.97. The van der Waals surface area contributed by atoms with Crippen molar-refractivity contribution in [1.29, 1.82) is 0 Å². The van der Waals surface area contributed by atoms with Crippen molar-refractivity contribution in [3.8, 4) is 11.6 Å². The molecule has 16 heavy (non-hydrogen) atoms. The second-order valence-corrected chi connectivity index (χ2v) is 3.39. The van der Waals surface area contributed by atoms with Gasteiger partial charge in [-0.05, 0) is 36.8 Å². The fraction of sp³-hybridized carbons (Fsp3) is 0.0833. The summed E-state index contributed by atoms with van der Waals surface area (Å²) in [6, 6.07) is 11.2. The van der Waals surface area contributed by atoms with Gasteiger partial charge in [0.2, 0.25) is 5.88 Å². The Morgan fingerprint density at radius 2 is 2.12 bits per heavy atom. The first kappa shape index (κ1) is 10.4. The predicted octanol–water partition coefficient (Wildman–Crippen LogP) is 2.47. The summed E-state index contributed by atoms with van der Waals surface area (Å²) in [7, 11) is 0. The van der Waals surface area contributed by atoms with Gasteiger partial charge in [0.25, 0.3) is 0 Å². The van der Waals surface area contributed by atoms with Gasteiger partial charge >= 0.3 is 0 Å². The van der Waals surface area contributed by atoms with E-state index in [9.17, 15) is 0 Å². The Hall–Kier alpha value is -2.07. The van der Waals surface area contributed by atoms with Gasteiger partial charge < -0.3 is 10.2 Å². The summed E-state index contributed by atoms with van der Waals surface area (Å²) in [4.78, 5) is 4.08. The van der Waals surface area contributed by atoms with Gasteiger partial charge in [0.15, 0.2) is 0 Å². The number of hydrogen-bond acceptors (Lipinski definition) is 4. The number of hydrogen-bond donors (Lipinski definition) is 2. The lowest BCUT2D eigenvalue weighted by atomic mass is 10.2. The molecule has 1 aromatic carbocycles. The molecule has 0 saturated carbocycles. The van der Waals surface area contributed by atoms with Crippen molar-refractivity contribution in [2.24, 2.45) is 5.84 Å². The van der Waals surface area contributed by atoms with Crippen molar-refractivity contribution in [3.63, 3.8) is 0 Å². The van der Waals surface area contributed by atoms with Crippen LogP contribution in [0, 0.1) is 6.92 Å². The van der Waals surface area contributed by atoms with Crippen LogP contribution in [0.3, 0.4) is 0 Å². The van der Waals surface area contributed by atoms with Crippen LogP contribution in [0.2, 0.25) is 0 Å². The van der Waals surface area contributed by atoms with E-state index < -0.39 is 0 Å². The van der Waals surface area contributed by atoms with E-state index in [4.69, 9.17) is 10.6 Å². The quantitative estimate of drug-likeness (QED) is 0.610. The molecular formula is C12H13N3O. The molecular weight excluding hydrogens is 202 g/mol. The summed E-state index contributed by atoms with van der Waals surface area (Å²) in [6.07, 6.45) is 1.69. The molecule has 0 atom stereocenters. The zero-order chi connectivity index (χ0) is 11.4. The van der Waals surface area contributed by atoms with Crippen LogP contribution < -0.4 is 16.0 Å². The number of nitrogens with zero attached hydrogens (tertiary/aromatic N) is 1. The van der Waals surface area contributed by atoms with E-state index in [0.717, 1.165) is 17.0 Å². The van der Waals surface area contributed by atoms with E-state index in [1.165, 1.54) is 0 Å². The summed E-state index contributed by atoms with van der Waals surface area (Å²) in [6.45, 7) is 1.96. The topological polar surface area (TPSA) is 60.2 Å². The van der Waals surface area contributed by atoms with Gasteiger partial charge in [-0.25, -0.2) is 4.98 Å². The fourth-order valence-corrected chi connectivity index (χ4v) is 1.39. The van der Waals surface area contributed by atoms with Crippen LogP contribution in [-0.2, 0) is 0 Å². The minimum atomic E-state index is 0.579. The molecule has 0 amide bonds. The first-order chi connectivity index (χ1) is 7.79. The van der Waals surface area contributed by atoms with Crippen LogP contribution in [0.25, 0.3) is 0 Å². The van der Waals surface area contributed by atoms with E-state index in [2.05, 4.69) is 10.4 Å². The molecule has 82 valence electrons. The van der Waals surface area contributed by atoms with Crippen LogP contribution in [0.1, 0.15) is 5.56 Å². The van der Waals surface area contributed by atoms with Crippen molar-refractivity contribution in [2.45, 2.75) is 6.92 Å². The van der Waals surface area contributed by atoms with Crippen molar-refractivity contribution in [1.82, 2.24) is 4.98 Å². The Balaban J connectivity index is 2.20. The third kappa shape index (κ3) is 2.29. The first-order valence-corrected chi connectivity index (χ1v) is 4.96. The molecule has 0 spiro atoms. The number of aromatic nitrogens is 1. The summed E-state index contributed by atoms with van der Waals surface area (Å²) < 4.78 is 5.58. The number of rotatable bonds is 3. The highest BCUT2D eigenvalue weighted by molar-refractivity contribution is 5.53. The van der Waals surface area contributed by atoms with Crippen molar-refractivity contribution in [3.05, 3.63) is 48.2 Å². The second-order valence-electron chi connectivity index (χ2n) is 3.39. The number of hydrazine groups is 1. The van der Waals surface area contributed by atoms with Gasteiger partial charge in [-0.3, -0.25) is 5.84 Å². The molecule has 4 nitrogen and oxygen atoms in total. The van der Waals surface area contributed by atoms with E-state index in [-0.39, 0.29) is 0 Å². The molecule has 0 saturated heterocycles. The molecule has 4 heteroatoms. The maximum Gasteiger partial charge on any atom is 0.219 e. The van der Waals surface area contributed by atoms with Crippen LogP contribution in [0.5, 0.6) is 11.6 Å². The highest BCUT2D eigenvalue weighted by Crippen LogP contribution is 2.24. The summed E-state index contributed by atoms with van der Waals surface area (Å²) >= 11 is 0. The van der Waals surface area contributed by atoms with E-state index in [1.54, 1.807) is 6.20 Å². The maximum atomic E-state index is 5.58. The lowest BCUT2D eigenvalue weighted by molar-refractivity contribution is 0.462. The third-order valence-corrected chi connectivity index (χ3v) is 2.21. The monoisotopic (exact) mass is 215 g/mol. The third-order valence-electron chi connectivity index (χ3n) is 2.21. The lowest BCUT2D eigenvalue weighted by Crippen LogP contribution is -2.07. The molecule has 2 rings (SSSR count). The molecule has 1 heterocycles. The first-order valence-electron chi connectivity index (χ1n) is 4.96. The van der Waals surface area contributed by atoms with Crippen molar-refractivity contribution in [2.75, 3.05) is 5.43 Å². The van der Waals surface area contributed by atoms with Gasteiger partial charge in [0.05, 0.1) is 5.69 Å². The van der Waals surface area contributed by atoms with Crippen LogP contribution >= 0.6 is 0 Å². The summed E-state index contributed by atoms with van der Waals surface area (Å²) in [5.74, 6) is 6.67. The maximum absolute atomic E-state index is 5.58. The fourth-order valence-electron chi connectivity index (χ4n) is 1.39. The van der Waals surface area contributed by atoms with Crippen LogP contribution in [-0.4, -0.2) is 4.98 Å². The van der Waals surface area contributed by atoms with Gasteiger partial charge in [-0.2, -0.15) is 0 Å². The smallest absolute Gasteiger partial charge is 0.219 e. The van der Waals surface area contributed by atoms with E-state index in [1.807, 2.05) is 43.3 Å². The molecule has 0 bridgehead atoms. The summed E-state index contributed by atoms with van der Waals surface area (Å²) in [5.41, 5.74) is 4.52. The van der Waals surface area contributed by atoms with Crippen molar-refractivity contribution >= 4 is 5.69 Å². The van der Waals surface area contributed by atoms with E-state index >= 15 is 0 Å². The Bertz CT molecular complexity index is 471.